The van der Waals surface area contributed by atoms with Crippen LogP contribution in [-0.2, 0) is 5.41 Å². The Morgan fingerprint density at radius 2 is 2.14 bits per heavy atom. The van der Waals surface area contributed by atoms with Crippen molar-refractivity contribution in [3.05, 3.63) is 23.8 Å². The summed E-state index contributed by atoms with van der Waals surface area (Å²) in [5.74, 6) is 0.954. The maximum absolute atomic E-state index is 5.34. The van der Waals surface area contributed by atoms with Gasteiger partial charge in [0.25, 0.3) is 0 Å². The summed E-state index contributed by atoms with van der Waals surface area (Å²) < 4.78 is 5.34. The molecule has 1 aromatic rings. The zero-order valence-corrected chi connectivity index (χ0v) is 9.05. The summed E-state index contributed by atoms with van der Waals surface area (Å²) in [6, 6.07) is 6.25. The Morgan fingerprint density at radius 3 is 2.86 bits per heavy atom. The van der Waals surface area contributed by atoms with E-state index in [1.54, 1.807) is 7.11 Å². The molecule has 0 aliphatic carbocycles. The molecule has 1 N–H and O–H groups in total. The molecule has 0 saturated carbocycles. The first-order valence-corrected chi connectivity index (χ1v) is 5.06. The van der Waals surface area contributed by atoms with Gasteiger partial charge < -0.3 is 10.1 Å². The molecular formula is C12H17NO. The quantitative estimate of drug-likeness (QED) is 0.737. The van der Waals surface area contributed by atoms with Gasteiger partial charge in [-0.2, -0.15) is 0 Å². The molecule has 1 heterocycles. The molecule has 0 atom stereocenters. The average molecular weight is 191 g/mol. The van der Waals surface area contributed by atoms with Crippen molar-refractivity contribution in [2.45, 2.75) is 25.7 Å². The summed E-state index contributed by atoms with van der Waals surface area (Å²) >= 11 is 0. The van der Waals surface area contributed by atoms with Gasteiger partial charge in [-0.15, -0.1) is 0 Å². The zero-order chi connectivity index (χ0) is 10.2. The molecular weight excluding hydrogens is 174 g/mol. The van der Waals surface area contributed by atoms with E-state index in [2.05, 4.69) is 31.3 Å². The number of rotatable bonds is 1. The minimum absolute atomic E-state index is 0.259. The third-order valence-electron chi connectivity index (χ3n) is 3.03. The molecule has 0 unspecified atom stereocenters. The topological polar surface area (TPSA) is 21.3 Å². The van der Waals surface area contributed by atoms with Gasteiger partial charge in [0.05, 0.1) is 12.8 Å². The van der Waals surface area contributed by atoms with Crippen LogP contribution in [-0.4, -0.2) is 13.7 Å². The van der Waals surface area contributed by atoms with Crippen molar-refractivity contribution in [3.8, 4) is 5.75 Å². The highest BCUT2D eigenvalue weighted by Gasteiger charge is 2.28. The molecule has 76 valence electrons. The van der Waals surface area contributed by atoms with Crippen LogP contribution in [0.5, 0.6) is 5.75 Å². The first-order valence-electron chi connectivity index (χ1n) is 5.06. The van der Waals surface area contributed by atoms with Gasteiger partial charge in [0.2, 0.25) is 0 Å². The van der Waals surface area contributed by atoms with Crippen LogP contribution in [0.25, 0.3) is 0 Å². The van der Waals surface area contributed by atoms with Crippen LogP contribution in [0.2, 0.25) is 0 Å². The Bertz CT molecular complexity index is 344. The minimum Gasteiger partial charge on any atom is -0.495 e. The first kappa shape index (κ1) is 9.38. The molecule has 2 heteroatoms. The molecule has 0 fully saturated rings. The van der Waals surface area contributed by atoms with E-state index in [1.807, 2.05) is 6.07 Å². The van der Waals surface area contributed by atoms with Crippen LogP contribution in [0, 0.1) is 0 Å². The number of hydrogen-bond donors (Lipinski definition) is 1. The van der Waals surface area contributed by atoms with Crippen LogP contribution in [0.1, 0.15) is 25.8 Å². The lowest BCUT2D eigenvalue weighted by atomic mass is 9.78. The fraction of sp³-hybridized carbons (Fsp3) is 0.500. The van der Waals surface area contributed by atoms with Gasteiger partial charge in [0.15, 0.2) is 0 Å². The summed E-state index contributed by atoms with van der Waals surface area (Å²) in [5.41, 5.74) is 2.80. The van der Waals surface area contributed by atoms with Gasteiger partial charge in [-0.3, -0.25) is 0 Å². The molecule has 1 aliphatic heterocycles. The molecule has 0 bridgehead atoms. The first-order chi connectivity index (χ1) is 6.65. The summed E-state index contributed by atoms with van der Waals surface area (Å²) in [6.45, 7) is 5.60. The standard InChI is InChI=1S/C12H17NO/c1-12(2)7-8-13-11-9(12)5-4-6-10(11)14-3/h4-6,13H,7-8H2,1-3H3. The van der Waals surface area contributed by atoms with Crippen molar-refractivity contribution in [1.29, 1.82) is 0 Å². The second-order valence-corrected chi connectivity index (χ2v) is 4.44. The van der Waals surface area contributed by atoms with E-state index in [9.17, 15) is 0 Å². The average Bonchev–Trinajstić information content (AvgIpc) is 2.17. The Hall–Kier alpha value is -1.18. The lowest BCUT2D eigenvalue weighted by Gasteiger charge is -2.33. The molecule has 0 aromatic heterocycles. The van der Waals surface area contributed by atoms with Crippen LogP contribution in [0.4, 0.5) is 5.69 Å². The Morgan fingerprint density at radius 1 is 1.36 bits per heavy atom. The Balaban J connectivity index is 2.55. The largest absolute Gasteiger partial charge is 0.495 e. The molecule has 0 saturated heterocycles. The Labute approximate surface area is 85.3 Å². The number of ether oxygens (including phenoxy) is 1. The van der Waals surface area contributed by atoms with Gasteiger partial charge >= 0.3 is 0 Å². The predicted octanol–water partition coefficient (Wildman–Crippen LogP) is 2.79. The molecule has 0 amide bonds. The van der Waals surface area contributed by atoms with E-state index in [0.29, 0.717) is 0 Å². The highest BCUT2D eigenvalue weighted by atomic mass is 16.5. The molecule has 2 rings (SSSR count). The maximum atomic E-state index is 5.34. The highest BCUT2D eigenvalue weighted by molar-refractivity contribution is 5.65. The summed E-state index contributed by atoms with van der Waals surface area (Å²) in [5, 5.41) is 3.41. The summed E-state index contributed by atoms with van der Waals surface area (Å²) in [6.07, 6.45) is 1.17. The van der Waals surface area contributed by atoms with Gasteiger partial charge in [-0.05, 0) is 23.5 Å². The van der Waals surface area contributed by atoms with Gasteiger partial charge in [-0.1, -0.05) is 26.0 Å². The number of benzene rings is 1. The van der Waals surface area contributed by atoms with Gasteiger partial charge in [0.1, 0.15) is 5.75 Å². The lowest BCUT2D eigenvalue weighted by Crippen LogP contribution is -2.28. The molecule has 0 spiro atoms. The monoisotopic (exact) mass is 191 g/mol. The second-order valence-electron chi connectivity index (χ2n) is 4.44. The molecule has 0 radical (unpaired) electrons. The van der Waals surface area contributed by atoms with Crippen LogP contribution in [0.15, 0.2) is 18.2 Å². The minimum atomic E-state index is 0.259. The summed E-state index contributed by atoms with van der Waals surface area (Å²) in [4.78, 5) is 0. The fourth-order valence-corrected chi connectivity index (χ4v) is 2.08. The van der Waals surface area contributed by atoms with E-state index in [-0.39, 0.29) is 5.41 Å². The van der Waals surface area contributed by atoms with E-state index in [0.717, 1.165) is 12.3 Å². The van der Waals surface area contributed by atoms with E-state index in [4.69, 9.17) is 4.74 Å². The van der Waals surface area contributed by atoms with Crippen molar-refractivity contribution in [1.82, 2.24) is 0 Å². The third-order valence-corrected chi connectivity index (χ3v) is 3.03. The fourth-order valence-electron chi connectivity index (χ4n) is 2.08. The number of hydrogen-bond acceptors (Lipinski definition) is 2. The number of para-hydroxylation sites is 1. The lowest BCUT2D eigenvalue weighted by molar-refractivity contribution is 0.409. The molecule has 2 nitrogen and oxygen atoms in total. The van der Waals surface area contributed by atoms with Crippen LogP contribution >= 0.6 is 0 Å². The Kier molecular flexibility index (Phi) is 2.14. The van der Waals surface area contributed by atoms with Crippen molar-refractivity contribution in [2.24, 2.45) is 0 Å². The van der Waals surface area contributed by atoms with Crippen molar-refractivity contribution >= 4 is 5.69 Å². The van der Waals surface area contributed by atoms with Gasteiger partial charge in [-0.25, -0.2) is 0 Å². The second kappa shape index (κ2) is 3.19. The number of nitrogens with one attached hydrogen (secondary N) is 1. The zero-order valence-electron chi connectivity index (χ0n) is 9.05. The smallest absolute Gasteiger partial charge is 0.142 e. The van der Waals surface area contributed by atoms with Crippen molar-refractivity contribution in [3.63, 3.8) is 0 Å². The maximum Gasteiger partial charge on any atom is 0.142 e. The van der Waals surface area contributed by atoms with E-state index >= 15 is 0 Å². The normalized spacial score (nSPS) is 18.2. The van der Waals surface area contributed by atoms with Crippen LogP contribution in [0.3, 0.4) is 0 Å². The summed E-state index contributed by atoms with van der Waals surface area (Å²) in [7, 11) is 1.72. The predicted molar refractivity (Wildman–Crippen MR) is 59.1 cm³/mol. The van der Waals surface area contributed by atoms with Crippen molar-refractivity contribution < 1.29 is 4.74 Å². The SMILES string of the molecule is COc1cccc2c1NCCC2(C)C. The van der Waals surface area contributed by atoms with Crippen molar-refractivity contribution in [2.75, 3.05) is 19.0 Å². The number of fused-ring (bicyclic) bond motifs is 1. The molecule has 1 aromatic carbocycles. The van der Waals surface area contributed by atoms with E-state index < -0.39 is 0 Å². The highest BCUT2D eigenvalue weighted by Crippen LogP contribution is 2.41. The third kappa shape index (κ3) is 1.35. The number of methoxy groups -OCH3 is 1. The molecule has 14 heavy (non-hydrogen) atoms. The van der Waals surface area contributed by atoms with Crippen LogP contribution < -0.4 is 10.1 Å². The van der Waals surface area contributed by atoms with Gasteiger partial charge in [0, 0.05) is 6.54 Å². The molecule has 1 aliphatic rings. The number of anilines is 1. The van der Waals surface area contributed by atoms with E-state index in [1.165, 1.54) is 17.7 Å².